The van der Waals surface area contributed by atoms with Gasteiger partial charge >= 0.3 is 5.97 Å². The molecular formula is C15H15N3O2. The van der Waals surface area contributed by atoms with E-state index in [2.05, 4.69) is 22.2 Å². The summed E-state index contributed by atoms with van der Waals surface area (Å²) in [6.45, 7) is 0. The number of hydrogen-bond acceptors (Lipinski definition) is 4. The average Bonchev–Trinajstić information content (AvgIpc) is 2.76. The minimum Gasteiger partial charge on any atom is -0.478 e. The summed E-state index contributed by atoms with van der Waals surface area (Å²) in [5, 5.41) is 15.7. The summed E-state index contributed by atoms with van der Waals surface area (Å²) in [5.74, 6) is -0.711. The lowest BCUT2D eigenvalue weighted by molar-refractivity contribution is 0.0696. The zero-order valence-electron chi connectivity index (χ0n) is 11.1. The summed E-state index contributed by atoms with van der Waals surface area (Å²) >= 11 is 0. The van der Waals surface area contributed by atoms with Crippen molar-refractivity contribution in [2.24, 2.45) is 11.0 Å². The molecule has 5 heteroatoms. The van der Waals surface area contributed by atoms with Gasteiger partial charge in [-0.25, -0.2) is 4.79 Å². The van der Waals surface area contributed by atoms with Crippen molar-refractivity contribution in [3.8, 4) is 0 Å². The molecule has 2 atom stereocenters. The van der Waals surface area contributed by atoms with Crippen molar-refractivity contribution < 1.29 is 9.90 Å². The Morgan fingerprint density at radius 2 is 2.20 bits per heavy atom. The number of aromatic carboxylic acids is 1. The largest absolute Gasteiger partial charge is 0.478 e. The van der Waals surface area contributed by atoms with Crippen LogP contribution >= 0.6 is 0 Å². The Labute approximate surface area is 116 Å². The number of carboxylic acids is 1. The molecule has 1 aromatic rings. The maximum Gasteiger partial charge on any atom is 0.336 e. The Morgan fingerprint density at radius 1 is 1.40 bits per heavy atom. The zero-order valence-corrected chi connectivity index (χ0v) is 11.1. The van der Waals surface area contributed by atoms with Crippen molar-refractivity contribution in [3.63, 3.8) is 0 Å². The van der Waals surface area contributed by atoms with E-state index in [-0.39, 0.29) is 12.0 Å². The first-order valence-electron chi connectivity index (χ1n) is 6.48. The summed E-state index contributed by atoms with van der Waals surface area (Å²) in [7, 11) is 1.94. The molecule has 1 aliphatic carbocycles. The van der Waals surface area contributed by atoms with E-state index >= 15 is 0 Å². The number of allylic oxidation sites excluding steroid dienone is 2. The van der Waals surface area contributed by atoms with Crippen LogP contribution in [-0.4, -0.2) is 39.9 Å². The quantitative estimate of drug-likeness (QED) is 0.907. The van der Waals surface area contributed by atoms with Crippen molar-refractivity contribution in [1.29, 1.82) is 0 Å². The van der Waals surface area contributed by atoms with Gasteiger partial charge in [0.25, 0.3) is 0 Å². The molecule has 2 heterocycles. The standard InChI is InChI=1S/C15H15N3O2/c1-18-14-5-3-2-4-12(14)13(17-18)8-10-9-16-7-6-11(10)15(19)20/h2-7,9,12,14H,8H2,1H3,(H,19,20). The number of pyridine rings is 1. The predicted molar refractivity (Wildman–Crippen MR) is 75.7 cm³/mol. The van der Waals surface area contributed by atoms with Gasteiger partial charge in [0.2, 0.25) is 0 Å². The minimum absolute atomic E-state index is 0.215. The van der Waals surface area contributed by atoms with Crippen molar-refractivity contribution in [1.82, 2.24) is 9.99 Å². The van der Waals surface area contributed by atoms with Crippen LogP contribution in [0.25, 0.3) is 0 Å². The van der Waals surface area contributed by atoms with E-state index < -0.39 is 5.97 Å². The lowest BCUT2D eigenvalue weighted by Crippen LogP contribution is -2.29. The van der Waals surface area contributed by atoms with E-state index in [1.54, 1.807) is 6.20 Å². The Morgan fingerprint density at radius 3 is 3.00 bits per heavy atom. The lowest BCUT2D eigenvalue weighted by atomic mass is 9.88. The van der Waals surface area contributed by atoms with Crippen molar-refractivity contribution in [2.45, 2.75) is 12.5 Å². The summed E-state index contributed by atoms with van der Waals surface area (Å²) in [6.07, 6.45) is 11.9. The number of hydrazone groups is 1. The number of likely N-dealkylation sites (N-methyl/N-ethyl adjacent to an activating group) is 1. The number of hydrogen-bond donors (Lipinski definition) is 1. The molecule has 1 N–H and O–H groups in total. The van der Waals surface area contributed by atoms with Gasteiger partial charge in [0, 0.05) is 31.8 Å². The Hall–Kier alpha value is -2.43. The first-order chi connectivity index (χ1) is 9.66. The fraction of sp³-hybridized carbons (Fsp3) is 0.267. The molecule has 102 valence electrons. The Balaban J connectivity index is 1.89. The van der Waals surface area contributed by atoms with Crippen LogP contribution in [0.5, 0.6) is 0 Å². The second kappa shape index (κ2) is 4.92. The molecule has 1 aromatic heterocycles. The Bertz CT molecular complexity index is 634. The number of fused-ring (bicyclic) bond motifs is 1. The van der Waals surface area contributed by atoms with Crippen LogP contribution in [0.4, 0.5) is 0 Å². The van der Waals surface area contributed by atoms with Crippen LogP contribution in [0.1, 0.15) is 15.9 Å². The summed E-state index contributed by atoms with van der Waals surface area (Å²) in [4.78, 5) is 15.3. The number of carbonyl (C=O) groups is 1. The molecule has 2 aliphatic rings. The molecule has 1 aliphatic heterocycles. The molecule has 0 radical (unpaired) electrons. The van der Waals surface area contributed by atoms with Crippen LogP contribution < -0.4 is 0 Å². The van der Waals surface area contributed by atoms with Gasteiger partial charge in [0.15, 0.2) is 0 Å². The molecule has 3 rings (SSSR count). The van der Waals surface area contributed by atoms with Gasteiger partial charge in [-0.05, 0) is 11.6 Å². The first kappa shape index (κ1) is 12.6. The van der Waals surface area contributed by atoms with Gasteiger partial charge < -0.3 is 5.11 Å². The van der Waals surface area contributed by atoms with Gasteiger partial charge in [-0.3, -0.25) is 9.99 Å². The maximum absolute atomic E-state index is 11.2. The van der Waals surface area contributed by atoms with E-state index in [0.717, 1.165) is 5.71 Å². The number of aromatic nitrogens is 1. The molecule has 0 amide bonds. The minimum atomic E-state index is -0.926. The molecule has 0 fully saturated rings. The van der Waals surface area contributed by atoms with Crippen molar-refractivity contribution >= 4 is 11.7 Å². The van der Waals surface area contributed by atoms with Crippen molar-refractivity contribution in [3.05, 3.63) is 53.9 Å². The number of rotatable bonds is 3. The van der Waals surface area contributed by atoms with Crippen LogP contribution in [0.3, 0.4) is 0 Å². The summed E-state index contributed by atoms with van der Waals surface area (Å²) < 4.78 is 0. The Kier molecular flexibility index (Phi) is 3.10. The SMILES string of the molecule is CN1N=C(Cc2cnccc2C(=O)O)C2C=CC=CC21. The highest BCUT2D eigenvalue weighted by atomic mass is 16.4. The third-order valence-electron chi connectivity index (χ3n) is 3.71. The third kappa shape index (κ3) is 2.11. The molecular weight excluding hydrogens is 254 g/mol. The summed E-state index contributed by atoms with van der Waals surface area (Å²) in [5.41, 5.74) is 1.98. The highest BCUT2D eigenvalue weighted by molar-refractivity contribution is 5.96. The summed E-state index contributed by atoms with van der Waals surface area (Å²) in [6, 6.07) is 1.77. The molecule has 0 saturated heterocycles. The van der Waals surface area contributed by atoms with E-state index in [1.165, 1.54) is 12.3 Å². The van der Waals surface area contributed by atoms with Crippen LogP contribution in [0, 0.1) is 5.92 Å². The van der Waals surface area contributed by atoms with Gasteiger partial charge in [-0.2, -0.15) is 5.10 Å². The van der Waals surface area contributed by atoms with E-state index in [9.17, 15) is 9.90 Å². The molecule has 5 nitrogen and oxygen atoms in total. The van der Waals surface area contributed by atoms with Crippen molar-refractivity contribution in [2.75, 3.05) is 7.05 Å². The van der Waals surface area contributed by atoms with E-state index in [4.69, 9.17) is 0 Å². The maximum atomic E-state index is 11.2. The van der Waals surface area contributed by atoms with E-state index in [1.807, 2.05) is 24.2 Å². The topological polar surface area (TPSA) is 65.8 Å². The average molecular weight is 269 g/mol. The van der Waals surface area contributed by atoms with Crippen LogP contribution in [0.2, 0.25) is 0 Å². The molecule has 0 spiro atoms. The number of carboxylic acid groups (broad SMARTS) is 1. The third-order valence-corrected chi connectivity index (χ3v) is 3.71. The van der Waals surface area contributed by atoms with Crippen LogP contribution in [-0.2, 0) is 6.42 Å². The second-order valence-corrected chi connectivity index (χ2v) is 4.97. The smallest absolute Gasteiger partial charge is 0.336 e. The monoisotopic (exact) mass is 269 g/mol. The fourth-order valence-electron chi connectivity index (χ4n) is 2.72. The molecule has 2 unspecified atom stereocenters. The molecule has 0 bridgehead atoms. The second-order valence-electron chi connectivity index (χ2n) is 4.97. The molecule has 0 aromatic carbocycles. The first-order valence-corrected chi connectivity index (χ1v) is 6.48. The predicted octanol–water partition coefficient (Wildman–Crippen LogP) is 1.73. The fourth-order valence-corrected chi connectivity index (χ4v) is 2.72. The van der Waals surface area contributed by atoms with Gasteiger partial charge in [-0.15, -0.1) is 0 Å². The van der Waals surface area contributed by atoms with Gasteiger partial charge in [0.05, 0.1) is 17.3 Å². The van der Waals surface area contributed by atoms with Gasteiger partial charge in [-0.1, -0.05) is 24.3 Å². The van der Waals surface area contributed by atoms with E-state index in [0.29, 0.717) is 17.5 Å². The molecule has 20 heavy (non-hydrogen) atoms. The van der Waals surface area contributed by atoms with Gasteiger partial charge in [0.1, 0.15) is 0 Å². The zero-order chi connectivity index (χ0) is 14.1. The lowest BCUT2D eigenvalue weighted by Gasteiger charge is -2.21. The highest BCUT2D eigenvalue weighted by Gasteiger charge is 2.33. The molecule has 0 saturated carbocycles. The highest BCUT2D eigenvalue weighted by Crippen LogP contribution is 2.27. The number of nitrogens with zero attached hydrogens (tertiary/aromatic N) is 3. The van der Waals surface area contributed by atoms with Crippen LogP contribution in [0.15, 0.2) is 47.9 Å². The normalized spacial score (nSPS) is 23.6.